The van der Waals surface area contributed by atoms with Crippen LogP contribution >= 0.6 is 0 Å². The first kappa shape index (κ1) is 26.4. The average molecular weight is 536 g/mol. The van der Waals surface area contributed by atoms with E-state index in [1.165, 1.54) is 20.3 Å². The molecule has 10 nitrogen and oxygen atoms in total. The number of carbonyl (C=O) groups is 1. The maximum atomic E-state index is 13.6. The molecule has 0 radical (unpaired) electrons. The van der Waals surface area contributed by atoms with Crippen LogP contribution in [0.1, 0.15) is 49.9 Å². The number of aromatic nitrogens is 3. The van der Waals surface area contributed by atoms with Crippen molar-refractivity contribution in [1.82, 2.24) is 20.0 Å². The molecule has 0 fully saturated rings. The molecule has 2 aromatic heterocycles. The number of hydrogen-bond acceptors (Lipinski definition) is 10. The molecule has 1 aliphatic rings. The largest absolute Gasteiger partial charge is 0.493 e. The number of aryl methyl sites for hydroxylation is 1. The molecule has 40 heavy (non-hydrogen) atoms. The van der Waals surface area contributed by atoms with E-state index in [9.17, 15) is 4.79 Å². The van der Waals surface area contributed by atoms with Gasteiger partial charge in [-0.05, 0) is 41.8 Å². The summed E-state index contributed by atoms with van der Waals surface area (Å²) in [6.07, 6.45) is 8.70. The summed E-state index contributed by atoms with van der Waals surface area (Å²) in [6, 6.07) is 15.3. The number of nitrogens with zero attached hydrogens (tertiary/aromatic N) is 5. The number of allylic oxidation sites excluding steroid dienone is 1. The highest BCUT2D eigenvalue weighted by atomic mass is 16.5. The number of methoxy groups -OCH3 is 2. The molecule has 0 aliphatic carbocycles. The molecule has 2 aromatic carbocycles. The van der Waals surface area contributed by atoms with Gasteiger partial charge in [0.2, 0.25) is 5.95 Å². The van der Waals surface area contributed by atoms with Gasteiger partial charge in [0, 0.05) is 47.9 Å². The van der Waals surface area contributed by atoms with Crippen molar-refractivity contribution in [2.75, 3.05) is 25.7 Å². The van der Waals surface area contributed by atoms with E-state index in [-0.39, 0.29) is 23.6 Å². The molecular formula is C30H29N7O3. The van der Waals surface area contributed by atoms with E-state index >= 15 is 0 Å². The van der Waals surface area contributed by atoms with Crippen molar-refractivity contribution in [2.24, 2.45) is 5.10 Å². The number of ketones is 1. The molecule has 3 heterocycles. The Hall–Kier alpha value is -5.25. The fourth-order valence-electron chi connectivity index (χ4n) is 4.64. The number of rotatable bonds is 8. The second-order valence-corrected chi connectivity index (χ2v) is 9.26. The van der Waals surface area contributed by atoms with E-state index in [1.54, 1.807) is 35.8 Å². The van der Waals surface area contributed by atoms with Crippen LogP contribution in [0.3, 0.4) is 0 Å². The number of nitrogen functional groups attached to an aromatic ring is 2. The molecule has 1 aliphatic heterocycles. The minimum absolute atomic E-state index is 0.0947. The number of fused-ring (bicyclic) bond motifs is 1. The van der Waals surface area contributed by atoms with E-state index < -0.39 is 0 Å². The van der Waals surface area contributed by atoms with Gasteiger partial charge in [0.25, 0.3) is 0 Å². The SMILES string of the molecule is COc1cc(Cc2cnc(N)nc2N)cc(C(=O)/C=C/N2N=Cc3ccccc3C2c2ccc(C)nc2)c1OC. The van der Waals surface area contributed by atoms with E-state index in [1.807, 2.05) is 43.5 Å². The Labute approximate surface area is 232 Å². The predicted molar refractivity (Wildman–Crippen MR) is 153 cm³/mol. The summed E-state index contributed by atoms with van der Waals surface area (Å²) < 4.78 is 11.1. The maximum absolute atomic E-state index is 13.6. The first-order valence-corrected chi connectivity index (χ1v) is 12.6. The fraction of sp³-hybridized carbons (Fsp3) is 0.167. The molecular weight excluding hydrogens is 506 g/mol. The van der Waals surface area contributed by atoms with Crippen molar-refractivity contribution in [3.63, 3.8) is 0 Å². The highest BCUT2D eigenvalue weighted by Gasteiger charge is 2.26. The Kier molecular flexibility index (Phi) is 7.41. The van der Waals surface area contributed by atoms with Crippen LogP contribution in [0.5, 0.6) is 11.5 Å². The van der Waals surface area contributed by atoms with Gasteiger partial charge in [-0.2, -0.15) is 10.1 Å². The Morgan fingerprint density at radius 1 is 1.05 bits per heavy atom. The lowest BCUT2D eigenvalue weighted by Gasteiger charge is -2.31. The quantitative estimate of drug-likeness (QED) is 0.252. The zero-order chi connectivity index (χ0) is 28.2. The smallest absolute Gasteiger partial charge is 0.221 e. The van der Waals surface area contributed by atoms with Gasteiger partial charge < -0.3 is 20.9 Å². The highest BCUT2D eigenvalue weighted by Crippen LogP contribution is 2.36. The van der Waals surface area contributed by atoms with Gasteiger partial charge in [0.15, 0.2) is 17.3 Å². The number of hydrazone groups is 1. The number of carbonyl (C=O) groups excluding carboxylic acids is 1. The summed E-state index contributed by atoms with van der Waals surface area (Å²) in [5.74, 6) is 0.829. The number of hydrogen-bond donors (Lipinski definition) is 2. The van der Waals surface area contributed by atoms with Gasteiger partial charge in [0.1, 0.15) is 11.9 Å². The average Bonchev–Trinajstić information content (AvgIpc) is 2.97. The second kappa shape index (κ2) is 11.2. The van der Waals surface area contributed by atoms with E-state index in [0.717, 1.165) is 27.9 Å². The number of ether oxygens (including phenoxy) is 2. The van der Waals surface area contributed by atoms with Gasteiger partial charge in [0.05, 0.1) is 26.0 Å². The molecule has 4 aromatic rings. The van der Waals surface area contributed by atoms with Crippen molar-refractivity contribution in [2.45, 2.75) is 19.4 Å². The summed E-state index contributed by atoms with van der Waals surface area (Å²) in [7, 11) is 3.02. The van der Waals surface area contributed by atoms with Gasteiger partial charge in [-0.1, -0.05) is 30.3 Å². The molecule has 0 saturated heterocycles. The normalized spacial score (nSPS) is 14.3. The van der Waals surface area contributed by atoms with Crippen molar-refractivity contribution in [3.8, 4) is 11.5 Å². The lowest BCUT2D eigenvalue weighted by molar-refractivity contribution is 0.104. The number of nitrogens with two attached hydrogens (primary N) is 2. The van der Waals surface area contributed by atoms with Crippen LogP contribution in [-0.4, -0.2) is 46.2 Å². The number of anilines is 2. The van der Waals surface area contributed by atoms with Crippen LogP contribution in [-0.2, 0) is 6.42 Å². The lowest BCUT2D eigenvalue weighted by Crippen LogP contribution is -2.25. The minimum Gasteiger partial charge on any atom is -0.493 e. The third-order valence-electron chi connectivity index (χ3n) is 6.63. The maximum Gasteiger partial charge on any atom is 0.221 e. The van der Waals surface area contributed by atoms with Crippen molar-refractivity contribution in [1.29, 1.82) is 0 Å². The Bertz CT molecular complexity index is 1620. The second-order valence-electron chi connectivity index (χ2n) is 9.26. The monoisotopic (exact) mass is 535 g/mol. The summed E-state index contributed by atoms with van der Waals surface area (Å²) in [5.41, 5.74) is 17.4. The fourth-order valence-corrected chi connectivity index (χ4v) is 4.64. The lowest BCUT2D eigenvalue weighted by atomic mass is 9.94. The van der Waals surface area contributed by atoms with Gasteiger partial charge in [-0.3, -0.25) is 14.8 Å². The molecule has 0 amide bonds. The van der Waals surface area contributed by atoms with Crippen molar-refractivity contribution < 1.29 is 14.3 Å². The first-order valence-electron chi connectivity index (χ1n) is 12.6. The zero-order valence-electron chi connectivity index (χ0n) is 22.4. The van der Waals surface area contributed by atoms with E-state index in [4.69, 9.17) is 20.9 Å². The molecule has 1 unspecified atom stereocenters. The summed E-state index contributed by atoms with van der Waals surface area (Å²) in [6.45, 7) is 1.94. The molecule has 0 bridgehead atoms. The highest BCUT2D eigenvalue weighted by molar-refractivity contribution is 6.07. The first-order chi connectivity index (χ1) is 19.4. The van der Waals surface area contributed by atoms with Crippen LogP contribution in [0.25, 0.3) is 0 Å². The molecule has 4 N–H and O–H groups in total. The summed E-state index contributed by atoms with van der Waals surface area (Å²) in [4.78, 5) is 26.1. The molecule has 5 rings (SSSR count). The Morgan fingerprint density at radius 3 is 2.60 bits per heavy atom. The molecule has 10 heteroatoms. The zero-order valence-corrected chi connectivity index (χ0v) is 22.4. The molecule has 1 atom stereocenters. The standard InChI is InChI=1S/C30H29N7O3/c1-18-8-9-21(15-33-18)27-23-7-5-4-6-20(23)17-35-37(27)11-10-25(38)24-13-19(14-26(39-2)28(24)40-3)12-22-16-34-30(32)36-29(22)31/h4-11,13-17,27H,12H2,1-3H3,(H4,31,32,34,36)/b11-10+. The van der Waals surface area contributed by atoms with Crippen LogP contribution in [0.4, 0.5) is 11.8 Å². The van der Waals surface area contributed by atoms with Crippen LogP contribution in [0.2, 0.25) is 0 Å². The molecule has 202 valence electrons. The third-order valence-corrected chi connectivity index (χ3v) is 6.63. The number of benzene rings is 2. The topological polar surface area (TPSA) is 142 Å². The Morgan fingerprint density at radius 2 is 1.88 bits per heavy atom. The molecule has 0 saturated carbocycles. The van der Waals surface area contributed by atoms with Gasteiger partial charge in [-0.15, -0.1) is 0 Å². The number of pyridine rings is 1. The van der Waals surface area contributed by atoms with Crippen LogP contribution < -0.4 is 20.9 Å². The predicted octanol–water partition coefficient (Wildman–Crippen LogP) is 4.09. The van der Waals surface area contributed by atoms with Gasteiger partial charge in [-0.25, -0.2) is 4.98 Å². The third kappa shape index (κ3) is 5.32. The van der Waals surface area contributed by atoms with E-state index in [2.05, 4.69) is 26.1 Å². The molecule has 0 spiro atoms. The Balaban J connectivity index is 1.49. The van der Waals surface area contributed by atoms with Crippen LogP contribution in [0.15, 0.2) is 78.3 Å². The van der Waals surface area contributed by atoms with Gasteiger partial charge >= 0.3 is 0 Å². The summed E-state index contributed by atoms with van der Waals surface area (Å²) >= 11 is 0. The summed E-state index contributed by atoms with van der Waals surface area (Å²) in [5, 5.41) is 6.39. The minimum atomic E-state index is -0.284. The van der Waals surface area contributed by atoms with Crippen molar-refractivity contribution in [3.05, 3.63) is 112 Å². The van der Waals surface area contributed by atoms with Crippen molar-refractivity contribution >= 4 is 23.8 Å². The van der Waals surface area contributed by atoms with Crippen LogP contribution in [0, 0.1) is 6.92 Å². The van der Waals surface area contributed by atoms with E-state index in [0.29, 0.717) is 29.0 Å².